The van der Waals surface area contributed by atoms with Gasteiger partial charge in [0.15, 0.2) is 11.5 Å². The van der Waals surface area contributed by atoms with Crippen molar-refractivity contribution < 1.29 is 28.4 Å². The van der Waals surface area contributed by atoms with Crippen molar-refractivity contribution in [3.05, 3.63) is 47.3 Å². The molecule has 0 N–H and O–H groups in total. The first-order valence-electron chi connectivity index (χ1n) is 9.44. The lowest BCUT2D eigenvalue weighted by Gasteiger charge is -2.26. The van der Waals surface area contributed by atoms with E-state index in [-0.39, 0.29) is 12.2 Å². The predicted molar refractivity (Wildman–Crippen MR) is 89.1 cm³/mol. The van der Waals surface area contributed by atoms with Gasteiger partial charge in [-0.15, -0.1) is 0 Å². The minimum absolute atomic E-state index is 0.188. The summed E-state index contributed by atoms with van der Waals surface area (Å²) in [5.41, 5.74) is 0. The smallest absolute Gasteiger partial charge is 0.230 e. The van der Waals surface area contributed by atoms with Crippen LogP contribution >= 0.6 is 0 Å². The van der Waals surface area contributed by atoms with Crippen molar-refractivity contribution in [1.82, 2.24) is 0 Å². The number of fused-ring (bicyclic) bond motifs is 1. The third-order valence-electron chi connectivity index (χ3n) is 6.48. The first-order chi connectivity index (χ1) is 12.9. The van der Waals surface area contributed by atoms with Gasteiger partial charge in [-0.25, -0.2) is 0 Å². The minimum Gasteiger partial charge on any atom is -0.458 e. The zero-order valence-electron chi connectivity index (χ0n) is 14.5. The number of hydrogen-bond donors (Lipinski definition) is 0. The molecule has 2 unspecified atom stereocenters. The van der Waals surface area contributed by atoms with E-state index in [4.69, 9.17) is 28.4 Å². The van der Waals surface area contributed by atoms with Crippen LogP contribution in [0.4, 0.5) is 0 Å². The molecule has 4 heterocycles. The summed E-state index contributed by atoms with van der Waals surface area (Å²) in [4.78, 5) is 0. The van der Waals surface area contributed by atoms with Gasteiger partial charge in [0.1, 0.15) is 11.5 Å². The third kappa shape index (κ3) is 2.25. The molecule has 0 saturated carbocycles. The lowest BCUT2D eigenvalue weighted by Crippen LogP contribution is -2.31. The van der Waals surface area contributed by atoms with Gasteiger partial charge in [0.2, 0.25) is 13.6 Å². The number of rotatable bonds is 2. The zero-order valence-corrected chi connectivity index (χ0v) is 14.5. The standard InChI is InChI=1S/C20H22O6/c1-3-15-17(25-9-23-15)5-11(1)19-13-7-22-20(14(13)8-21-19)12-2-4-16-18(6-12)26-10-24-16/h1-4,11-14,19-20H,5-10H2/t11?,12?,13-,14-,19+,20+/m0/s1. The van der Waals surface area contributed by atoms with E-state index in [9.17, 15) is 0 Å². The SMILES string of the molecule is C1=CC([C@H]2OC[C@H]3[C@@H]2CO[C@@H]3C2C=CC3=C(C2)OCO3)CC2=C1OCO2. The fourth-order valence-electron chi connectivity index (χ4n) is 5.17. The Morgan fingerprint density at radius 3 is 1.65 bits per heavy atom. The summed E-state index contributed by atoms with van der Waals surface area (Å²) in [6, 6.07) is 0. The van der Waals surface area contributed by atoms with Gasteiger partial charge in [-0.05, 0) is 12.2 Å². The second-order valence-electron chi connectivity index (χ2n) is 7.77. The molecule has 6 heteroatoms. The maximum Gasteiger partial charge on any atom is 0.230 e. The molecule has 6 nitrogen and oxygen atoms in total. The summed E-state index contributed by atoms with van der Waals surface area (Å²) >= 11 is 0. The van der Waals surface area contributed by atoms with Gasteiger partial charge in [-0.1, -0.05) is 12.2 Å². The molecular formula is C20H22O6. The molecular weight excluding hydrogens is 336 g/mol. The van der Waals surface area contributed by atoms with Crippen LogP contribution in [0, 0.1) is 23.7 Å². The fraction of sp³-hybridized carbons (Fsp3) is 0.600. The van der Waals surface area contributed by atoms with E-state index in [1.54, 1.807) is 0 Å². The molecule has 0 spiro atoms. The van der Waals surface area contributed by atoms with Crippen molar-refractivity contribution in [3.63, 3.8) is 0 Å². The van der Waals surface area contributed by atoms with E-state index in [1.807, 2.05) is 12.2 Å². The highest BCUT2D eigenvalue weighted by atomic mass is 16.7. The minimum atomic E-state index is 0.188. The molecule has 2 saturated heterocycles. The third-order valence-corrected chi connectivity index (χ3v) is 6.48. The van der Waals surface area contributed by atoms with Crippen LogP contribution in [0.15, 0.2) is 47.3 Å². The largest absolute Gasteiger partial charge is 0.458 e. The monoisotopic (exact) mass is 358 g/mol. The summed E-state index contributed by atoms with van der Waals surface area (Å²) in [5, 5.41) is 0. The summed E-state index contributed by atoms with van der Waals surface area (Å²) in [5.74, 6) is 5.22. The highest BCUT2D eigenvalue weighted by Crippen LogP contribution is 2.47. The van der Waals surface area contributed by atoms with Gasteiger partial charge in [0.25, 0.3) is 0 Å². The Hall–Kier alpha value is -1.92. The summed E-state index contributed by atoms with van der Waals surface area (Å²) in [6.07, 6.45) is 10.6. The molecule has 0 amide bonds. The topological polar surface area (TPSA) is 55.4 Å². The Morgan fingerprint density at radius 1 is 0.654 bits per heavy atom. The van der Waals surface area contributed by atoms with Crippen molar-refractivity contribution in [1.29, 1.82) is 0 Å². The summed E-state index contributed by atoms with van der Waals surface area (Å²) in [7, 11) is 0. The van der Waals surface area contributed by atoms with Gasteiger partial charge >= 0.3 is 0 Å². The lowest BCUT2D eigenvalue weighted by atomic mass is 9.78. The van der Waals surface area contributed by atoms with Crippen molar-refractivity contribution in [3.8, 4) is 0 Å². The molecule has 6 rings (SSSR count). The molecule has 0 aromatic carbocycles. The van der Waals surface area contributed by atoms with E-state index >= 15 is 0 Å². The number of ether oxygens (including phenoxy) is 6. The van der Waals surface area contributed by atoms with Gasteiger partial charge < -0.3 is 28.4 Å². The maximum atomic E-state index is 6.27. The van der Waals surface area contributed by atoms with Gasteiger partial charge in [0.05, 0.1) is 25.4 Å². The Balaban J connectivity index is 1.16. The normalized spacial score (nSPS) is 42.8. The van der Waals surface area contributed by atoms with Gasteiger partial charge in [-0.2, -0.15) is 0 Å². The van der Waals surface area contributed by atoms with Crippen LogP contribution in [0.1, 0.15) is 12.8 Å². The van der Waals surface area contributed by atoms with Crippen LogP contribution in [0.2, 0.25) is 0 Å². The quantitative estimate of drug-likeness (QED) is 0.756. The van der Waals surface area contributed by atoms with E-state index in [1.165, 1.54) is 0 Å². The fourth-order valence-corrected chi connectivity index (χ4v) is 5.17. The molecule has 138 valence electrons. The Labute approximate surface area is 152 Å². The maximum absolute atomic E-state index is 6.27. The highest BCUT2D eigenvalue weighted by molar-refractivity contribution is 5.27. The van der Waals surface area contributed by atoms with Crippen molar-refractivity contribution in [2.75, 3.05) is 26.8 Å². The van der Waals surface area contributed by atoms with Crippen LogP contribution in [0.3, 0.4) is 0 Å². The first-order valence-corrected chi connectivity index (χ1v) is 9.44. The molecule has 0 radical (unpaired) electrons. The zero-order chi connectivity index (χ0) is 17.1. The first kappa shape index (κ1) is 15.2. The van der Waals surface area contributed by atoms with E-state index in [0.29, 0.717) is 37.3 Å². The van der Waals surface area contributed by atoms with Gasteiger partial charge in [0, 0.05) is 36.5 Å². The average molecular weight is 358 g/mol. The van der Waals surface area contributed by atoms with E-state index in [2.05, 4.69) is 12.2 Å². The van der Waals surface area contributed by atoms with Crippen molar-refractivity contribution in [2.24, 2.45) is 23.7 Å². The van der Waals surface area contributed by atoms with Gasteiger partial charge in [-0.3, -0.25) is 0 Å². The molecule has 0 aromatic rings. The molecule has 0 bridgehead atoms. The second kappa shape index (κ2) is 5.79. The summed E-state index contributed by atoms with van der Waals surface area (Å²) in [6.45, 7) is 2.20. The molecule has 2 aliphatic carbocycles. The number of hydrogen-bond acceptors (Lipinski definition) is 6. The number of allylic oxidation sites excluding steroid dienone is 4. The van der Waals surface area contributed by atoms with Crippen LogP contribution in [0.5, 0.6) is 0 Å². The summed E-state index contributed by atoms with van der Waals surface area (Å²) < 4.78 is 34.6. The Bertz CT molecular complexity index is 673. The Morgan fingerprint density at radius 2 is 1.15 bits per heavy atom. The van der Waals surface area contributed by atoms with Crippen LogP contribution in [0.25, 0.3) is 0 Å². The average Bonchev–Trinajstić information content (AvgIpc) is 3.42. The van der Waals surface area contributed by atoms with Crippen LogP contribution in [-0.2, 0) is 28.4 Å². The predicted octanol–water partition coefficient (Wildman–Crippen LogP) is 2.60. The van der Waals surface area contributed by atoms with Crippen molar-refractivity contribution >= 4 is 0 Å². The van der Waals surface area contributed by atoms with Crippen LogP contribution in [-0.4, -0.2) is 39.0 Å². The molecule has 4 aliphatic heterocycles. The molecule has 6 aliphatic rings. The Kier molecular flexibility index (Phi) is 3.38. The molecule has 0 aromatic heterocycles. The van der Waals surface area contributed by atoms with Crippen molar-refractivity contribution in [2.45, 2.75) is 25.0 Å². The van der Waals surface area contributed by atoms with Crippen LogP contribution < -0.4 is 0 Å². The molecule has 2 fully saturated rings. The highest BCUT2D eigenvalue weighted by Gasteiger charge is 2.51. The molecule has 26 heavy (non-hydrogen) atoms. The molecule has 6 atom stereocenters. The lowest BCUT2D eigenvalue weighted by molar-refractivity contribution is -0.0102. The second-order valence-corrected chi connectivity index (χ2v) is 7.77. The van der Waals surface area contributed by atoms with E-state index in [0.717, 1.165) is 49.1 Å². The van der Waals surface area contributed by atoms with E-state index < -0.39 is 0 Å².